The Bertz CT molecular complexity index is 1090. The van der Waals surface area contributed by atoms with Gasteiger partial charge in [-0.1, -0.05) is 6.07 Å². The zero-order chi connectivity index (χ0) is 20.8. The average Bonchev–Trinajstić information content (AvgIpc) is 3.15. The van der Waals surface area contributed by atoms with Crippen LogP contribution in [0.5, 0.6) is 5.75 Å². The zero-order valence-corrected chi connectivity index (χ0v) is 15.2. The standard InChI is InChI=1S/C20H15N3O6/c1-13-18(9-10-28-13)19(24)22-21-12-14-5-7-17(8-6-14)29-20(25)15-3-2-4-16(11-15)23(26)27/h2-12H,1H3,(H,22,24)/b21-12-. The maximum Gasteiger partial charge on any atom is 0.343 e. The van der Waals surface area contributed by atoms with Crippen molar-refractivity contribution in [3.63, 3.8) is 0 Å². The summed E-state index contributed by atoms with van der Waals surface area (Å²) < 4.78 is 10.3. The van der Waals surface area contributed by atoms with Gasteiger partial charge in [-0.05, 0) is 48.9 Å². The van der Waals surface area contributed by atoms with E-state index in [2.05, 4.69) is 10.5 Å². The van der Waals surface area contributed by atoms with Crippen molar-refractivity contribution >= 4 is 23.8 Å². The molecule has 9 nitrogen and oxygen atoms in total. The first-order valence-electron chi connectivity index (χ1n) is 8.38. The molecule has 1 aromatic heterocycles. The third-order valence-electron chi connectivity index (χ3n) is 3.87. The first kappa shape index (κ1) is 19.5. The molecule has 3 rings (SSSR count). The van der Waals surface area contributed by atoms with E-state index in [1.807, 2.05) is 0 Å². The number of hydrogen-bond donors (Lipinski definition) is 1. The smallest absolute Gasteiger partial charge is 0.343 e. The van der Waals surface area contributed by atoms with Gasteiger partial charge in [-0.25, -0.2) is 10.2 Å². The molecule has 0 bridgehead atoms. The van der Waals surface area contributed by atoms with Crippen LogP contribution >= 0.6 is 0 Å². The second kappa shape index (κ2) is 8.61. The minimum atomic E-state index is -0.710. The topological polar surface area (TPSA) is 124 Å². The highest BCUT2D eigenvalue weighted by atomic mass is 16.6. The minimum absolute atomic E-state index is 0.0714. The lowest BCUT2D eigenvalue weighted by molar-refractivity contribution is -0.384. The van der Waals surface area contributed by atoms with Crippen LogP contribution in [0.3, 0.4) is 0 Å². The summed E-state index contributed by atoms with van der Waals surface area (Å²) in [5, 5.41) is 14.7. The first-order valence-corrected chi connectivity index (χ1v) is 8.38. The first-order chi connectivity index (χ1) is 13.9. The number of rotatable bonds is 6. The Kier molecular flexibility index (Phi) is 5.79. The molecule has 3 aromatic rings. The average molecular weight is 393 g/mol. The van der Waals surface area contributed by atoms with Gasteiger partial charge in [0.1, 0.15) is 11.5 Å². The van der Waals surface area contributed by atoms with Crippen molar-refractivity contribution in [2.45, 2.75) is 6.92 Å². The summed E-state index contributed by atoms with van der Waals surface area (Å²) >= 11 is 0. The number of nitrogens with zero attached hydrogens (tertiary/aromatic N) is 2. The van der Waals surface area contributed by atoms with E-state index in [9.17, 15) is 19.7 Å². The van der Waals surface area contributed by atoms with Crippen molar-refractivity contribution < 1.29 is 23.7 Å². The summed E-state index contributed by atoms with van der Waals surface area (Å²) in [6, 6.07) is 13.2. The molecule has 0 aliphatic carbocycles. The second-order valence-electron chi connectivity index (χ2n) is 5.86. The van der Waals surface area contributed by atoms with Gasteiger partial charge in [0.2, 0.25) is 0 Å². The van der Waals surface area contributed by atoms with Crippen molar-refractivity contribution in [3.05, 3.63) is 93.4 Å². The molecule has 0 atom stereocenters. The number of amides is 1. The number of nitro benzene ring substituents is 1. The number of esters is 1. The number of hydrogen-bond acceptors (Lipinski definition) is 7. The molecule has 0 fully saturated rings. The van der Waals surface area contributed by atoms with Gasteiger partial charge < -0.3 is 9.15 Å². The SMILES string of the molecule is Cc1occc1C(=O)N/N=C\c1ccc(OC(=O)c2cccc([N+](=O)[O-])c2)cc1. The van der Waals surface area contributed by atoms with Crippen LogP contribution in [0.15, 0.2) is 70.4 Å². The second-order valence-corrected chi connectivity index (χ2v) is 5.86. The highest BCUT2D eigenvalue weighted by Gasteiger charge is 2.13. The summed E-state index contributed by atoms with van der Waals surface area (Å²) in [7, 11) is 0. The Balaban J connectivity index is 1.59. The number of benzene rings is 2. The van der Waals surface area contributed by atoms with Gasteiger partial charge in [0, 0.05) is 12.1 Å². The lowest BCUT2D eigenvalue weighted by Gasteiger charge is -2.04. The van der Waals surface area contributed by atoms with Gasteiger partial charge in [0.25, 0.3) is 11.6 Å². The van der Waals surface area contributed by atoms with Crippen LogP contribution in [0.25, 0.3) is 0 Å². The quantitative estimate of drug-likeness (QED) is 0.225. The van der Waals surface area contributed by atoms with E-state index >= 15 is 0 Å². The number of hydrazone groups is 1. The molecule has 2 aromatic carbocycles. The number of aryl methyl sites for hydroxylation is 1. The fourth-order valence-corrected chi connectivity index (χ4v) is 2.38. The van der Waals surface area contributed by atoms with E-state index in [4.69, 9.17) is 9.15 Å². The molecular formula is C20H15N3O6. The summed E-state index contributed by atoms with van der Waals surface area (Å²) in [4.78, 5) is 34.3. The van der Waals surface area contributed by atoms with E-state index in [1.54, 1.807) is 37.3 Å². The van der Waals surface area contributed by atoms with E-state index in [-0.39, 0.29) is 17.0 Å². The number of non-ortho nitro benzene ring substituents is 1. The Morgan fingerprint density at radius 1 is 1.17 bits per heavy atom. The number of carbonyl (C=O) groups excluding carboxylic acids is 2. The Hall–Kier alpha value is -4.27. The third kappa shape index (κ3) is 4.92. The minimum Gasteiger partial charge on any atom is -0.469 e. The predicted molar refractivity (Wildman–Crippen MR) is 103 cm³/mol. The van der Waals surface area contributed by atoms with Crippen LogP contribution in [0, 0.1) is 17.0 Å². The monoisotopic (exact) mass is 393 g/mol. The van der Waals surface area contributed by atoms with E-state index < -0.39 is 16.8 Å². The molecule has 1 N–H and O–H groups in total. The molecule has 0 aliphatic heterocycles. The molecule has 1 heterocycles. The van der Waals surface area contributed by atoms with Crippen molar-refractivity contribution in [3.8, 4) is 5.75 Å². The number of nitro groups is 1. The van der Waals surface area contributed by atoms with Gasteiger partial charge in [0.05, 0.1) is 28.5 Å². The molecule has 0 unspecified atom stereocenters. The van der Waals surface area contributed by atoms with Crippen molar-refractivity contribution in [1.29, 1.82) is 0 Å². The molecule has 0 saturated heterocycles. The lowest BCUT2D eigenvalue weighted by atomic mass is 10.2. The number of nitrogens with one attached hydrogen (secondary N) is 1. The van der Waals surface area contributed by atoms with Crippen molar-refractivity contribution in [2.24, 2.45) is 5.10 Å². The largest absolute Gasteiger partial charge is 0.469 e. The van der Waals surface area contributed by atoms with Gasteiger partial charge in [0.15, 0.2) is 0 Å². The van der Waals surface area contributed by atoms with Crippen LogP contribution in [0.4, 0.5) is 5.69 Å². The number of furan rings is 1. The van der Waals surface area contributed by atoms with Gasteiger partial charge in [-0.2, -0.15) is 5.10 Å². The molecule has 0 radical (unpaired) electrons. The molecule has 0 aliphatic rings. The van der Waals surface area contributed by atoms with Gasteiger partial charge >= 0.3 is 5.97 Å². The van der Waals surface area contributed by atoms with Crippen LogP contribution in [-0.2, 0) is 0 Å². The Labute approximate surface area is 164 Å². The summed E-state index contributed by atoms with van der Waals surface area (Å²) in [6.45, 7) is 1.67. The molecule has 0 saturated carbocycles. The van der Waals surface area contributed by atoms with Crippen molar-refractivity contribution in [1.82, 2.24) is 5.43 Å². The molecule has 0 spiro atoms. The van der Waals surface area contributed by atoms with Crippen LogP contribution in [0.1, 0.15) is 32.0 Å². The molecule has 9 heteroatoms. The predicted octanol–water partition coefficient (Wildman–Crippen LogP) is 3.48. The van der Waals surface area contributed by atoms with Crippen LogP contribution < -0.4 is 10.2 Å². The van der Waals surface area contributed by atoms with Crippen LogP contribution in [0.2, 0.25) is 0 Å². The number of ether oxygens (including phenoxy) is 1. The molecule has 1 amide bonds. The van der Waals surface area contributed by atoms with Gasteiger partial charge in [-0.3, -0.25) is 14.9 Å². The maximum atomic E-state index is 12.1. The normalized spacial score (nSPS) is 10.7. The summed E-state index contributed by atoms with van der Waals surface area (Å²) in [5.74, 6) is -0.350. The molecule has 29 heavy (non-hydrogen) atoms. The van der Waals surface area contributed by atoms with E-state index in [0.717, 1.165) is 6.07 Å². The number of carbonyl (C=O) groups is 2. The van der Waals surface area contributed by atoms with E-state index in [0.29, 0.717) is 16.9 Å². The fraction of sp³-hybridized carbons (Fsp3) is 0.0500. The highest BCUT2D eigenvalue weighted by molar-refractivity contribution is 5.95. The maximum absolute atomic E-state index is 12.1. The third-order valence-corrected chi connectivity index (χ3v) is 3.87. The van der Waals surface area contributed by atoms with Crippen molar-refractivity contribution in [2.75, 3.05) is 0 Å². The molecular weight excluding hydrogens is 378 g/mol. The fourth-order valence-electron chi connectivity index (χ4n) is 2.38. The summed E-state index contributed by atoms with van der Waals surface area (Å²) in [5.41, 5.74) is 3.31. The van der Waals surface area contributed by atoms with Crippen LogP contribution in [-0.4, -0.2) is 23.0 Å². The molecule has 146 valence electrons. The van der Waals surface area contributed by atoms with E-state index in [1.165, 1.54) is 30.7 Å². The van der Waals surface area contributed by atoms with Gasteiger partial charge in [-0.15, -0.1) is 0 Å². The Morgan fingerprint density at radius 3 is 2.59 bits per heavy atom. The lowest BCUT2D eigenvalue weighted by Crippen LogP contribution is -2.17. The Morgan fingerprint density at radius 2 is 1.93 bits per heavy atom. The summed E-state index contributed by atoms with van der Waals surface area (Å²) in [6.07, 6.45) is 2.85. The zero-order valence-electron chi connectivity index (χ0n) is 15.2. The highest BCUT2D eigenvalue weighted by Crippen LogP contribution is 2.17.